The second-order valence-electron chi connectivity index (χ2n) is 5.39. The Kier molecular flexibility index (Phi) is 5.99. The third-order valence-corrected chi connectivity index (χ3v) is 4.81. The molecule has 1 aromatic heterocycles. The Morgan fingerprint density at radius 3 is 2.77 bits per heavy atom. The topological polar surface area (TPSA) is 68.3 Å². The number of halogens is 1. The summed E-state index contributed by atoms with van der Waals surface area (Å²) in [6, 6.07) is 14.3. The molecule has 0 saturated carbocycles. The number of anilines is 1. The van der Waals surface area contributed by atoms with Crippen LogP contribution < -0.4 is 10.1 Å². The van der Waals surface area contributed by atoms with Crippen molar-refractivity contribution in [3.8, 4) is 5.75 Å². The Balaban J connectivity index is 1.56. The summed E-state index contributed by atoms with van der Waals surface area (Å²) in [5, 5.41) is 3.89. The Bertz CT molecular complexity index is 926. The van der Waals surface area contributed by atoms with Crippen molar-refractivity contribution in [2.45, 2.75) is 6.42 Å². The molecule has 0 saturated heterocycles. The van der Waals surface area contributed by atoms with Crippen LogP contribution in [-0.4, -0.2) is 23.8 Å². The first-order valence-electron chi connectivity index (χ1n) is 7.80. The highest BCUT2D eigenvalue weighted by Crippen LogP contribution is 2.24. The van der Waals surface area contributed by atoms with Gasteiger partial charge in [0.1, 0.15) is 5.75 Å². The van der Waals surface area contributed by atoms with Gasteiger partial charge in [-0.3, -0.25) is 14.9 Å². The van der Waals surface area contributed by atoms with E-state index in [9.17, 15) is 9.59 Å². The fourth-order valence-corrected chi connectivity index (χ4v) is 3.34. The molecule has 132 valence electrons. The average Bonchev–Trinajstić information content (AvgIpc) is 3.09. The number of carbonyl (C=O) groups is 2. The van der Waals surface area contributed by atoms with E-state index < -0.39 is 0 Å². The van der Waals surface area contributed by atoms with Gasteiger partial charge in [0.15, 0.2) is 18.0 Å². The SMILES string of the molecule is O=Cc1ccccc1OCC(=O)Nc1ncc(Cc2ccccc2Cl)s1. The van der Waals surface area contributed by atoms with E-state index in [1.165, 1.54) is 11.3 Å². The van der Waals surface area contributed by atoms with Crippen LogP contribution in [0.2, 0.25) is 5.02 Å². The lowest BCUT2D eigenvalue weighted by Gasteiger charge is -2.07. The van der Waals surface area contributed by atoms with E-state index in [0.29, 0.717) is 34.2 Å². The van der Waals surface area contributed by atoms with Gasteiger partial charge in [-0.1, -0.05) is 41.9 Å². The molecule has 0 radical (unpaired) electrons. The van der Waals surface area contributed by atoms with Crippen molar-refractivity contribution >= 4 is 40.3 Å². The van der Waals surface area contributed by atoms with E-state index in [1.807, 2.05) is 24.3 Å². The van der Waals surface area contributed by atoms with Gasteiger partial charge in [0.05, 0.1) is 5.56 Å². The second kappa shape index (κ2) is 8.60. The smallest absolute Gasteiger partial charge is 0.264 e. The van der Waals surface area contributed by atoms with E-state index in [0.717, 1.165) is 10.4 Å². The lowest BCUT2D eigenvalue weighted by Crippen LogP contribution is -2.20. The third kappa shape index (κ3) is 4.68. The van der Waals surface area contributed by atoms with E-state index in [2.05, 4.69) is 10.3 Å². The van der Waals surface area contributed by atoms with Crippen molar-refractivity contribution in [3.63, 3.8) is 0 Å². The lowest BCUT2D eigenvalue weighted by atomic mass is 10.1. The van der Waals surface area contributed by atoms with E-state index >= 15 is 0 Å². The number of amides is 1. The molecular weight excluding hydrogens is 372 g/mol. The molecule has 0 aliphatic carbocycles. The van der Waals surface area contributed by atoms with Crippen molar-refractivity contribution in [1.29, 1.82) is 0 Å². The fourth-order valence-electron chi connectivity index (χ4n) is 2.28. The molecule has 1 amide bonds. The van der Waals surface area contributed by atoms with Crippen molar-refractivity contribution in [1.82, 2.24) is 4.98 Å². The van der Waals surface area contributed by atoms with Crippen LogP contribution in [0.1, 0.15) is 20.8 Å². The average molecular weight is 387 g/mol. The zero-order chi connectivity index (χ0) is 18.4. The summed E-state index contributed by atoms with van der Waals surface area (Å²) in [6.07, 6.45) is 3.05. The first kappa shape index (κ1) is 18.1. The molecule has 5 nitrogen and oxygen atoms in total. The Hall–Kier alpha value is -2.70. The Morgan fingerprint density at radius 1 is 1.19 bits per heavy atom. The van der Waals surface area contributed by atoms with Crippen LogP contribution in [0, 0.1) is 0 Å². The second-order valence-corrected chi connectivity index (χ2v) is 6.91. The molecule has 0 unspecified atom stereocenters. The summed E-state index contributed by atoms with van der Waals surface area (Å²) in [7, 11) is 0. The summed E-state index contributed by atoms with van der Waals surface area (Å²) in [4.78, 5) is 28.2. The molecule has 1 heterocycles. The quantitative estimate of drug-likeness (QED) is 0.617. The Morgan fingerprint density at radius 2 is 1.96 bits per heavy atom. The van der Waals surface area contributed by atoms with Gasteiger partial charge in [-0.25, -0.2) is 4.98 Å². The lowest BCUT2D eigenvalue weighted by molar-refractivity contribution is -0.118. The number of rotatable bonds is 7. The number of nitrogens with zero attached hydrogens (tertiary/aromatic N) is 1. The normalized spacial score (nSPS) is 10.3. The maximum Gasteiger partial charge on any atom is 0.264 e. The number of ether oxygens (including phenoxy) is 1. The predicted octanol–water partition coefficient (Wildman–Crippen LogP) is 4.22. The van der Waals surface area contributed by atoms with Gasteiger partial charge in [0.25, 0.3) is 5.91 Å². The molecule has 26 heavy (non-hydrogen) atoms. The minimum absolute atomic E-state index is 0.204. The molecule has 1 N–H and O–H groups in total. The number of thiazole rings is 1. The monoisotopic (exact) mass is 386 g/mol. The van der Waals surface area contributed by atoms with Gasteiger partial charge < -0.3 is 4.74 Å². The molecule has 7 heteroatoms. The largest absolute Gasteiger partial charge is 0.483 e. The predicted molar refractivity (Wildman–Crippen MR) is 102 cm³/mol. The van der Waals surface area contributed by atoms with Gasteiger partial charge in [-0.15, -0.1) is 11.3 Å². The molecule has 0 bridgehead atoms. The maximum atomic E-state index is 12.0. The van der Waals surface area contributed by atoms with Gasteiger partial charge in [0.2, 0.25) is 0 Å². The third-order valence-electron chi connectivity index (χ3n) is 3.53. The molecule has 3 rings (SSSR count). The molecule has 2 aromatic carbocycles. The summed E-state index contributed by atoms with van der Waals surface area (Å²) in [6.45, 7) is -0.204. The fraction of sp³-hybridized carbons (Fsp3) is 0.105. The number of benzene rings is 2. The molecule has 0 aliphatic rings. The van der Waals surface area contributed by atoms with Crippen LogP contribution in [0.15, 0.2) is 54.7 Å². The van der Waals surface area contributed by atoms with Crippen molar-refractivity contribution in [2.75, 3.05) is 11.9 Å². The van der Waals surface area contributed by atoms with Crippen molar-refractivity contribution in [3.05, 3.63) is 75.8 Å². The first-order chi connectivity index (χ1) is 12.7. The number of carbonyl (C=O) groups excluding carboxylic acids is 2. The molecule has 0 fully saturated rings. The standard InChI is InChI=1S/C19H15ClN2O3S/c20-16-7-3-1-5-13(16)9-15-10-21-19(26-15)22-18(24)12-25-17-8-4-2-6-14(17)11-23/h1-8,10-11H,9,12H2,(H,21,22,24). The van der Waals surface area contributed by atoms with Gasteiger partial charge >= 0.3 is 0 Å². The molecule has 3 aromatic rings. The van der Waals surface area contributed by atoms with E-state index in [-0.39, 0.29) is 12.5 Å². The molecule has 0 aliphatic heterocycles. The Labute approximate surface area is 159 Å². The zero-order valence-electron chi connectivity index (χ0n) is 13.6. The van der Waals surface area contributed by atoms with Crippen molar-refractivity contribution < 1.29 is 14.3 Å². The summed E-state index contributed by atoms with van der Waals surface area (Å²) in [5.74, 6) is 0.0283. The molecule has 0 atom stereocenters. The highest BCUT2D eigenvalue weighted by Gasteiger charge is 2.10. The molecular formula is C19H15ClN2O3S. The van der Waals surface area contributed by atoms with Crippen LogP contribution in [0.3, 0.4) is 0 Å². The number of hydrogen-bond donors (Lipinski definition) is 1. The van der Waals surface area contributed by atoms with Crippen LogP contribution >= 0.6 is 22.9 Å². The number of hydrogen-bond acceptors (Lipinski definition) is 5. The minimum Gasteiger partial charge on any atom is -0.483 e. The van der Waals surface area contributed by atoms with Gasteiger partial charge in [0, 0.05) is 22.5 Å². The van der Waals surface area contributed by atoms with Crippen LogP contribution in [-0.2, 0) is 11.2 Å². The number of nitrogens with one attached hydrogen (secondary N) is 1. The highest BCUT2D eigenvalue weighted by atomic mass is 35.5. The summed E-state index contributed by atoms with van der Waals surface area (Å²) < 4.78 is 5.40. The van der Waals surface area contributed by atoms with E-state index in [1.54, 1.807) is 30.5 Å². The van der Waals surface area contributed by atoms with Gasteiger partial charge in [-0.2, -0.15) is 0 Å². The van der Waals surface area contributed by atoms with Crippen molar-refractivity contribution in [2.24, 2.45) is 0 Å². The van der Waals surface area contributed by atoms with E-state index in [4.69, 9.17) is 16.3 Å². The number of aldehydes is 1. The number of para-hydroxylation sites is 1. The zero-order valence-corrected chi connectivity index (χ0v) is 15.2. The first-order valence-corrected chi connectivity index (χ1v) is 9.00. The maximum absolute atomic E-state index is 12.0. The van der Waals surface area contributed by atoms with Crippen LogP contribution in [0.4, 0.5) is 5.13 Å². The van der Waals surface area contributed by atoms with Crippen LogP contribution in [0.25, 0.3) is 0 Å². The number of aromatic nitrogens is 1. The summed E-state index contributed by atoms with van der Waals surface area (Å²) >= 11 is 7.54. The van der Waals surface area contributed by atoms with Gasteiger partial charge in [-0.05, 0) is 23.8 Å². The summed E-state index contributed by atoms with van der Waals surface area (Å²) in [5.41, 5.74) is 1.40. The molecule has 0 spiro atoms. The highest BCUT2D eigenvalue weighted by molar-refractivity contribution is 7.15. The minimum atomic E-state index is -0.343. The van der Waals surface area contributed by atoms with Crippen LogP contribution in [0.5, 0.6) is 5.75 Å².